The summed E-state index contributed by atoms with van der Waals surface area (Å²) in [7, 11) is 0. The number of urea groups is 1. The smallest absolute Gasteiger partial charge is 0.323 e. The van der Waals surface area contributed by atoms with Crippen LogP contribution in [0.5, 0.6) is 11.5 Å². The van der Waals surface area contributed by atoms with Crippen molar-refractivity contribution < 1.29 is 15.0 Å². The third-order valence-corrected chi connectivity index (χ3v) is 3.08. The van der Waals surface area contributed by atoms with E-state index in [-0.39, 0.29) is 17.2 Å². The Bertz CT molecular complexity index is 642. The lowest BCUT2D eigenvalue weighted by Gasteiger charge is -2.09. The summed E-state index contributed by atoms with van der Waals surface area (Å²) in [5, 5.41) is 24.3. The molecule has 2 aromatic carbocycles. The molecule has 0 saturated carbocycles. The second-order valence-corrected chi connectivity index (χ2v) is 4.76. The Morgan fingerprint density at radius 1 is 0.850 bits per heavy atom. The number of halogens is 2. The molecule has 0 radical (unpaired) electrons. The summed E-state index contributed by atoms with van der Waals surface area (Å²) in [5.41, 5.74) is 0.710. The largest absolute Gasteiger partial charge is 0.508 e. The van der Waals surface area contributed by atoms with Gasteiger partial charge in [-0.25, -0.2) is 4.79 Å². The SMILES string of the molecule is O=C(Nc1cc(O)cc(O)c1)Nc1ccc(Cl)c(Cl)c1. The molecule has 4 N–H and O–H groups in total. The van der Waals surface area contributed by atoms with Crippen molar-refractivity contribution in [3.8, 4) is 11.5 Å². The number of nitrogens with one attached hydrogen (secondary N) is 2. The van der Waals surface area contributed by atoms with E-state index < -0.39 is 6.03 Å². The van der Waals surface area contributed by atoms with E-state index >= 15 is 0 Å². The first-order valence-electron chi connectivity index (χ1n) is 5.50. The number of aromatic hydroxyl groups is 2. The molecule has 0 aliphatic carbocycles. The van der Waals surface area contributed by atoms with E-state index in [0.29, 0.717) is 15.7 Å². The van der Waals surface area contributed by atoms with Crippen LogP contribution in [0, 0.1) is 0 Å². The molecule has 0 aromatic heterocycles. The molecular formula is C13H10Cl2N2O3. The second kappa shape index (κ2) is 5.90. The lowest BCUT2D eigenvalue weighted by Crippen LogP contribution is -2.19. The molecule has 0 heterocycles. The fourth-order valence-electron chi connectivity index (χ4n) is 1.53. The molecule has 0 saturated heterocycles. The van der Waals surface area contributed by atoms with Crippen molar-refractivity contribution in [2.45, 2.75) is 0 Å². The molecule has 0 spiro atoms. The molecule has 2 aromatic rings. The minimum Gasteiger partial charge on any atom is -0.508 e. The third-order valence-electron chi connectivity index (χ3n) is 2.34. The molecule has 0 atom stereocenters. The zero-order valence-electron chi connectivity index (χ0n) is 10.0. The van der Waals surface area contributed by atoms with Gasteiger partial charge < -0.3 is 20.8 Å². The van der Waals surface area contributed by atoms with Crippen molar-refractivity contribution >= 4 is 40.6 Å². The van der Waals surface area contributed by atoms with Crippen LogP contribution in [0.4, 0.5) is 16.2 Å². The number of benzene rings is 2. The predicted octanol–water partition coefficient (Wildman–Crippen LogP) is 4.05. The predicted molar refractivity (Wildman–Crippen MR) is 78.9 cm³/mol. The van der Waals surface area contributed by atoms with Gasteiger partial charge in [0.15, 0.2) is 0 Å². The standard InChI is InChI=1S/C13H10Cl2N2O3/c14-11-2-1-7(5-12(11)15)16-13(20)17-8-3-9(18)6-10(19)4-8/h1-6,18-19H,(H2,16,17,20). The van der Waals surface area contributed by atoms with E-state index in [0.717, 1.165) is 6.07 Å². The molecule has 104 valence electrons. The Morgan fingerprint density at radius 2 is 1.45 bits per heavy atom. The summed E-state index contributed by atoms with van der Waals surface area (Å²) in [6.07, 6.45) is 0. The summed E-state index contributed by atoms with van der Waals surface area (Å²) in [4.78, 5) is 11.7. The van der Waals surface area contributed by atoms with Crippen LogP contribution in [0.15, 0.2) is 36.4 Å². The number of rotatable bonds is 2. The van der Waals surface area contributed by atoms with Gasteiger partial charge in [-0.15, -0.1) is 0 Å². The van der Waals surface area contributed by atoms with Crippen LogP contribution in [-0.4, -0.2) is 16.2 Å². The maximum atomic E-state index is 11.7. The van der Waals surface area contributed by atoms with E-state index in [2.05, 4.69) is 10.6 Å². The van der Waals surface area contributed by atoms with Crippen molar-refractivity contribution in [3.05, 3.63) is 46.4 Å². The second-order valence-electron chi connectivity index (χ2n) is 3.95. The summed E-state index contributed by atoms with van der Waals surface area (Å²) in [6.45, 7) is 0. The third kappa shape index (κ3) is 3.69. The lowest BCUT2D eigenvalue weighted by molar-refractivity contribution is 0.262. The quantitative estimate of drug-likeness (QED) is 0.675. The van der Waals surface area contributed by atoms with Gasteiger partial charge in [-0.2, -0.15) is 0 Å². The maximum absolute atomic E-state index is 11.7. The number of phenols is 2. The molecule has 0 aliphatic heterocycles. The fraction of sp³-hybridized carbons (Fsp3) is 0. The average molecular weight is 313 g/mol. The molecule has 2 amide bonds. The van der Waals surface area contributed by atoms with E-state index in [1.807, 2.05) is 0 Å². The molecule has 2 rings (SSSR count). The van der Waals surface area contributed by atoms with Gasteiger partial charge in [0.05, 0.1) is 10.0 Å². The first-order chi connectivity index (χ1) is 9.44. The highest BCUT2D eigenvalue weighted by atomic mass is 35.5. The number of carbonyl (C=O) groups excluding carboxylic acids is 1. The van der Waals surface area contributed by atoms with Crippen LogP contribution in [0.25, 0.3) is 0 Å². The molecule has 0 fully saturated rings. The summed E-state index contributed by atoms with van der Waals surface area (Å²) >= 11 is 11.6. The van der Waals surface area contributed by atoms with Gasteiger partial charge in [0, 0.05) is 29.6 Å². The normalized spacial score (nSPS) is 10.1. The lowest BCUT2D eigenvalue weighted by atomic mass is 10.3. The van der Waals surface area contributed by atoms with Gasteiger partial charge in [-0.1, -0.05) is 23.2 Å². The highest BCUT2D eigenvalue weighted by molar-refractivity contribution is 6.42. The van der Waals surface area contributed by atoms with E-state index in [1.165, 1.54) is 18.2 Å². The Balaban J connectivity index is 2.06. The Kier molecular flexibility index (Phi) is 4.22. The summed E-state index contributed by atoms with van der Waals surface area (Å²) in [6, 6.07) is 7.86. The first-order valence-corrected chi connectivity index (χ1v) is 6.26. The van der Waals surface area contributed by atoms with Crippen LogP contribution < -0.4 is 10.6 Å². The van der Waals surface area contributed by atoms with Crippen molar-refractivity contribution in [1.82, 2.24) is 0 Å². The summed E-state index contributed by atoms with van der Waals surface area (Å²) in [5.74, 6) is -0.315. The number of phenolic OH excluding ortho intramolecular Hbond substituents is 2. The average Bonchev–Trinajstić information content (AvgIpc) is 2.32. The fourth-order valence-corrected chi connectivity index (χ4v) is 1.83. The van der Waals surface area contributed by atoms with Crippen LogP contribution >= 0.6 is 23.2 Å². The maximum Gasteiger partial charge on any atom is 0.323 e. The number of hydrogen-bond donors (Lipinski definition) is 4. The van der Waals surface area contributed by atoms with Crippen molar-refractivity contribution in [1.29, 1.82) is 0 Å². The monoisotopic (exact) mass is 312 g/mol. The Labute approximate surface area is 124 Å². The minimum absolute atomic E-state index is 0.158. The number of amides is 2. The highest BCUT2D eigenvalue weighted by Gasteiger charge is 2.06. The molecule has 0 unspecified atom stereocenters. The highest BCUT2D eigenvalue weighted by Crippen LogP contribution is 2.26. The van der Waals surface area contributed by atoms with Gasteiger partial charge >= 0.3 is 6.03 Å². The molecule has 7 heteroatoms. The zero-order valence-corrected chi connectivity index (χ0v) is 11.5. The van der Waals surface area contributed by atoms with E-state index in [4.69, 9.17) is 23.2 Å². The zero-order chi connectivity index (χ0) is 14.7. The molecular weight excluding hydrogens is 303 g/mol. The summed E-state index contributed by atoms with van der Waals surface area (Å²) < 4.78 is 0. The molecule has 0 aliphatic rings. The van der Waals surface area contributed by atoms with Crippen molar-refractivity contribution in [2.24, 2.45) is 0 Å². The van der Waals surface area contributed by atoms with Crippen molar-refractivity contribution in [2.75, 3.05) is 10.6 Å². The molecule has 20 heavy (non-hydrogen) atoms. The van der Waals surface area contributed by atoms with Gasteiger partial charge in [0.1, 0.15) is 11.5 Å². The number of hydrogen-bond acceptors (Lipinski definition) is 3. The van der Waals surface area contributed by atoms with E-state index in [1.54, 1.807) is 12.1 Å². The molecule has 5 nitrogen and oxygen atoms in total. The van der Waals surface area contributed by atoms with Crippen LogP contribution in [-0.2, 0) is 0 Å². The minimum atomic E-state index is -0.548. The van der Waals surface area contributed by atoms with Crippen LogP contribution in [0.1, 0.15) is 0 Å². The number of anilines is 2. The van der Waals surface area contributed by atoms with Gasteiger partial charge in [-0.3, -0.25) is 0 Å². The topological polar surface area (TPSA) is 81.6 Å². The van der Waals surface area contributed by atoms with E-state index in [9.17, 15) is 15.0 Å². The van der Waals surface area contributed by atoms with Gasteiger partial charge in [-0.05, 0) is 18.2 Å². The van der Waals surface area contributed by atoms with Crippen LogP contribution in [0.2, 0.25) is 10.0 Å². The van der Waals surface area contributed by atoms with Gasteiger partial charge in [0.2, 0.25) is 0 Å². The Hall–Kier alpha value is -2.11. The first kappa shape index (κ1) is 14.3. The van der Waals surface area contributed by atoms with Gasteiger partial charge in [0.25, 0.3) is 0 Å². The van der Waals surface area contributed by atoms with Crippen LogP contribution in [0.3, 0.4) is 0 Å². The molecule has 0 bridgehead atoms. The number of carbonyl (C=O) groups is 1. The van der Waals surface area contributed by atoms with Crippen molar-refractivity contribution in [3.63, 3.8) is 0 Å². The Morgan fingerprint density at radius 3 is 2.05 bits per heavy atom.